The van der Waals surface area contributed by atoms with E-state index in [0.717, 1.165) is 22.5 Å². The molecule has 2 aromatic rings. The van der Waals surface area contributed by atoms with E-state index >= 15 is 0 Å². The standard InChI is InChI=1S/C25H34ClN3O4S/c1-5-19(3)27-25(31)23(6-2)28(16-15-20-11-8-7-9-12-20)24(30)18-29(34(4,32)33)22-14-10-13-21(26)17-22/h7-14,17,19,23H,5-6,15-16,18H2,1-4H3,(H,27,31)/t19-,23-/m1/s1. The van der Waals surface area contributed by atoms with Crippen molar-refractivity contribution in [3.63, 3.8) is 0 Å². The first-order chi connectivity index (χ1) is 16.1. The minimum atomic E-state index is -3.78. The first-order valence-corrected chi connectivity index (χ1v) is 13.7. The largest absolute Gasteiger partial charge is 0.352 e. The number of hydrogen-bond acceptors (Lipinski definition) is 4. The Morgan fingerprint density at radius 3 is 2.26 bits per heavy atom. The molecule has 0 aromatic heterocycles. The van der Waals surface area contributed by atoms with Crippen molar-refractivity contribution in [3.05, 3.63) is 65.2 Å². The van der Waals surface area contributed by atoms with E-state index in [4.69, 9.17) is 11.6 Å². The topological polar surface area (TPSA) is 86.8 Å². The SMILES string of the molecule is CC[C@@H](C)NC(=O)[C@@H](CC)N(CCc1ccccc1)C(=O)CN(c1cccc(Cl)c1)S(C)(=O)=O. The number of halogens is 1. The van der Waals surface area contributed by atoms with Crippen LogP contribution in [0.25, 0.3) is 0 Å². The monoisotopic (exact) mass is 507 g/mol. The van der Waals surface area contributed by atoms with Crippen molar-refractivity contribution in [2.24, 2.45) is 0 Å². The quantitative estimate of drug-likeness (QED) is 0.472. The second-order valence-electron chi connectivity index (χ2n) is 8.31. The van der Waals surface area contributed by atoms with Crippen LogP contribution >= 0.6 is 11.6 Å². The molecule has 34 heavy (non-hydrogen) atoms. The number of nitrogens with zero attached hydrogens (tertiary/aromatic N) is 2. The number of amides is 2. The van der Waals surface area contributed by atoms with Gasteiger partial charge in [0, 0.05) is 17.6 Å². The van der Waals surface area contributed by atoms with E-state index in [0.29, 0.717) is 23.6 Å². The molecule has 2 aromatic carbocycles. The molecule has 0 saturated heterocycles. The highest BCUT2D eigenvalue weighted by molar-refractivity contribution is 7.92. The minimum Gasteiger partial charge on any atom is -0.352 e. The van der Waals surface area contributed by atoms with Crippen molar-refractivity contribution < 1.29 is 18.0 Å². The fourth-order valence-electron chi connectivity index (χ4n) is 3.58. The van der Waals surface area contributed by atoms with Crippen LogP contribution in [0.1, 0.15) is 39.2 Å². The lowest BCUT2D eigenvalue weighted by atomic mass is 10.1. The highest BCUT2D eigenvalue weighted by Crippen LogP contribution is 2.22. The van der Waals surface area contributed by atoms with Crippen LogP contribution in [-0.2, 0) is 26.0 Å². The summed E-state index contributed by atoms with van der Waals surface area (Å²) in [4.78, 5) is 28.1. The number of carbonyl (C=O) groups is 2. The zero-order valence-corrected chi connectivity index (χ0v) is 21.8. The van der Waals surface area contributed by atoms with Crippen molar-refractivity contribution in [3.8, 4) is 0 Å². The zero-order chi connectivity index (χ0) is 25.3. The Balaban J connectivity index is 2.36. The van der Waals surface area contributed by atoms with Gasteiger partial charge in [0.1, 0.15) is 12.6 Å². The van der Waals surface area contributed by atoms with Crippen LogP contribution < -0.4 is 9.62 Å². The molecule has 0 aliphatic carbocycles. The molecule has 7 nitrogen and oxygen atoms in total. The third-order valence-corrected chi connectivity index (χ3v) is 7.02. The van der Waals surface area contributed by atoms with Crippen molar-refractivity contribution in [2.75, 3.05) is 23.7 Å². The summed E-state index contributed by atoms with van der Waals surface area (Å²) in [5.41, 5.74) is 1.32. The van der Waals surface area contributed by atoms with Gasteiger partial charge in [-0.1, -0.05) is 61.8 Å². The Morgan fingerprint density at radius 2 is 1.71 bits per heavy atom. The van der Waals surface area contributed by atoms with E-state index in [1.807, 2.05) is 51.1 Å². The van der Waals surface area contributed by atoms with Crippen LogP contribution in [-0.4, -0.2) is 56.6 Å². The van der Waals surface area contributed by atoms with Crippen molar-refractivity contribution in [1.82, 2.24) is 10.2 Å². The molecule has 186 valence electrons. The van der Waals surface area contributed by atoms with Gasteiger partial charge in [0.2, 0.25) is 21.8 Å². The number of benzene rings is 2. The van der Waals surface area contributed by atoms with E-state index in [2.05, 4.69) is 5.32 Å². The van der Waals surface area contributed by atoms with E-state index in [-0.39, 0.29) is 18.5 Å². The Hall–Kier alpha value is -2.58. The molecule has 2 atom stereocenters. The summed E-state index contributed by atoms with van der Waals surface area (Å²) in [6.07, 6.45) is 2.74. The molecule has 0 unspecified atom stereocenters. The van der Waals surface area contributed by atoms with Gasteiger partial charge >= 0.3 is 0 Å². The highest BCUT2D eigenvalue weighted by atomic mass is 35.5. The smallest absolute Gasteiger partial charge is 0.244 e. The number of carbonyl (C=O) groups excluding carboxylic acids is 2. The molecule has 2 amide bonds. The molecular formula is C25H34ClN3O4S. The maximum Gasteiger partial charge on any atom is 0.244 e. The van der Waals surface area contributed by atoms with Gasteiger partial charge in [-0.15, -0.1) is 0 Å². The summed E-state index contributed by atoms with van der Waals surface area (Å²) in [5.74, 6) is -0.695. The van der Waals surface area contributed by atoms with Crippen molar-refractivity contribution >= 4 is 39.1 Å². The molecule has 0 heterocycles. The lowest BCUT2D eigenvalue weighted by molar-refractivity contribution is -0.139. The summed E-state index contributed by atoms with van der Waals surface area (Å²) < 4.78 is 26.2. The third kappa shape index (κ3) is 8.02. The molecule has 0 aliphatic heterocycles. The number of rotatable bonds is 12. The fraction of sp³-hybridized carbons (Fsp3) is 0.440. The predicted octanol–water partition coefficient (Wildman–Crippen LogP) is 3.87. The molecule has 1 N–H and O–H groups in total. The van der Waals surface area contributed by atoms with Gasteiger partial charge in [-0.05, 0) is 49.9 Å². The average Bonchev–Trinajstić information content (AvgIpc) is 2.79. The van der Waals surface area contributed by atoms with Crippen LogP contribution in [0.15, 0.2) is 54.6 Å². The van der Waals surface area contributed by atoms with Crippen molar-refractivity contribution in [1.29, 1.82) is 0 Å². The first-order valence-electron chi connectivity index (χ1n) is 11.4. The molecule has 9 heteroatoms. The van der Waals surface area contributed by atoms with E-state index in [1.54, 1.807) is 18.2 Å². The van der Waals surface area contributed by atoms with E-state index in [1.165, 1.54) is 11.0 Å². The van der Waals surface area contributed by atoms with Crippen LogP contribution in [0.3, 0.4) is 0 Å². The lowest BCUT2D eigenvalue weighted by Gasteiger charge is -2.33. The van der Waals surface area contributed by atoms with E-state index < -0.39 is 28.5 Å². The Morgan fingerprint density at radius 1 is 1.03 bits per heavy atom. The number of anilines is 1. The number of nitrogens with one attached hydrogen (secondary N) is 1. The second kappa shape index (κ2) is 12.8. The number of hydrogen-bond donors (Lipinski definition) is 1. The maximum atomic E-state index is 13.5. The second-order valence-corrected chi connectivity index (χ2v) is 10.7. The Kier molecular flexibility index (Phi) is 10.4. The van der Waals surface area contributed by atoms with Gasteiger partial charge in [-0.2, -0.15) is 0 Å². The summed E-state index contributed by atoms with van der Waals surface area (Å²) >= 11 is 6.06. The van der Waals surface area contributed by atoms with E-state index in [9.17, 15) is 18.0 Å². The van der Waals surface area contributed by atoms with Gasteiger partial charge in [0.05, 0.1) is 11.9 Å². The van der Waals surface area contributed by atoms with Gasteiger partial charge in [-0.25, -0.2) is 8.42 Å². The summed E-state index contributed by atoms with van der Waals surface area (Å²) in [7, 11) is -3.78. The van der Waals surface area contributed by atoms with Gasteiger partial charge < -0.3 is 10.2 Å². The molecule has 2 rings (SSSR count). The van der Waals surface area contributed by atoms with Gasteiger partial charge in [-0.3, -0.25) is 13.9 Å². The Labute approximate surface area is 208 Å². The molecule has 0 fully saturated rings. The van der Waals surface area contributed by atoms with Crippen LogP contribution in [0.2, 0.25) is 5.02 Å². The number of sulfonamides is 1. The van der Waals surface area contributed by atoms with Gasteiger partial charge in [0.25, 0.3) is 0 Å². The van der Waals surface area contributed by atoms with Gasteiger partial charge in [0.15, 0.2) is 0 Å². The lowest BCUT2D eigenvalue weighted by Crippen LogP contribution is -2.54. The van der Waals surface area contributed by atoms with Crippen LogP contribution in [0.5, 0.6) is 0 Å². The molecule has 0 bridgehead atoms. The van der Waals surface area contributed by atoms with Crippen molar-refractivity contribution in [2.45, 2.75) is 52.1 Å². The normalized spacial score (nSPS) is 13.1. The molecule has 0 radical (unpaired) electrons. The highest BCUT2D eigenvalue weighted by Gasteiger charge is 2.31. The summed E-state index contributed by atoms with van der Waals surface area (Å²) in [6.45, 7) is 5.57. The predicted molar refractivity (Wildman–Crippen MR) is 137 cm³/mol. The molecule has 0 spiro atoms. The average molecular weight is 508 g/mol. The Bertz CT molecular complexity index is 1060. The fourth-order valence-corrected chi connectivity index (χ4v) is 4.61. The third-order valence-electron chi connectivity index (χ3n) is 5.65. The van der Waals surface area contributed by atoms with Crippen LogP contribution in [0.4, 0.5) is 5.69 Å². The first kappa shape index (κ1) is 27.7. The molecular weight excluding hydrogens is 474 g/mol. The maximum absolute atomic E-state index is 13.5. The molecule has 0 saturated carbocycles. The summed E-state index contributed by atoms with van der Waals surface area (Å²) in [6, 6.07) is 15.2. The minimum absolute atomic E-state index is 0.0356. The van der Waals surface area contributed by atoms with Crippen LogP contribution in [0, 0.1) is 0 Å². The molecule has 0 aliphatic rings. The zero-order valence-electron chi connectivity index (χ0n) is 20.2. The summed E-state index contributed by atoms with van der Waals surface area (Å²) in [5, 5.41) is 3.31.